The molecule has 0 saturated heterocycles. The van der Waals surface area contributed by atoms with Crippen molar-refractivity contribution in [1.29, 1.82) is 0 Å². The Bertz CT molecular complexity index is 916. The van der Waals surface area contributed by atoms with Gasteiger partial charge < -0.3 is 9.64 Å². The highest BCUT2D eigenvalue weighted by Crippen LogP contribution is 2.39. The van der Waals surface area contributed by atoms with Crippen molar-refractivity contribution in [2.75, 3.05) is 13.7 Å². The average Bonchev–Trinajstić information content (AvgIpc) is 2.89. The van der Waals surface area contributed by atoms with E-state index in [0.29, 0.717) is 17.7 Å². The Morgan fingerprint density at radius 3 is 2.39 bits per heavy atom. The van der Waals surface area contributed by atoms with Crippen molar-refractivity contribution in [3.63, 3.8) is 0 Å². The molecule has 0 fully saturated rings. The molecular weight excluding hydrogens is 350 g/mol. The van der Waals surface area contributed by atoms with Crippen molar-refractivity contribution in [2.45, 2.75) is 32.2 Å². The van der Waals surface area contributed by atoms with Gasteiger partial charge in [0.25, 0.3) is 5.91 Å². The number of amides is 1. The topological polar surface area (TPSA) is 46.6 Å². The van der Waals surface area contributed by atoms with Gasteiger partial charge in [-0.1, -0.05) is 36.4 Å². The second-order valence-corrected chi connectivity index (χ2v) is 7.83. The highest BCUT2D eigenvalue weighted by Gasteiger charge is 2.36. The van der Waals surface area contributed by atoms with E-state index in [4.69, 9.17) is 4.74 Å². The first-order valence-corrected chi connectivity index (χ1v) is 9.82. The van der Waals surface area contributed by atoms with E-state index in [2.05, 4.69) is 30.4 Å². The van der Waals surface area contributed by atoms with Gasteiger partial charge in [0.2, 0.25) is 0 Å². The zero-order valence-corrected chi connectivity index (χ0v) is 16.2. The molecule has 2 aromatic carbocycles. The van der Waals surface area contributed by atoms with E-state index >= 15 is 0 Å². The number of esters is 1. The molecule has 2 aromatic rings. The summed E-state index contributed by atoms with van der Waals surface area (Å²) in [5.74, 6) is -0.388. The number of methoxy groups -OCH3 is 1. The fraction of sp³-hybridized carbons (Fsp3) is 0.333. The normalized spacial score (nSPS) is 21.1. The first-order chi connectivity index (χ1) is 13.6. The van der Waals surface area contributed by atoms with Crippen LogP contribution in [0.3, 0.4) is 0 Å². The van der Waals surface area contributed by atoms with Crippen LogP contribution in [0, 0.1) is 5.41 Å². The molecule has 0 N–H and O–H groups in total. The first kappa shape index (κ1) is 18.5. The summed E-state index contributed by atoms with van der Waals surface area (Å²) in [5.41, 5.74) is 3.61. The summed E-state index contributed by atoms with van der Waals surface area (Å²) in [4.78, 5) is 26.9. The predicted octanol–water partition coefficient (Wildman–Crippen LogP) is 4.40. The molecule has 4 rings (SSSR count). The predicted molar refractivity (Wildman–Crippen MR) is 108 cm³/mol. The number of ether oxygens (including phenoxy) is 1. The molecule has 0 saturated carbocycles. The third-order valence-electron chi connectivity index (χ3n) is 5.88. The summed E-state index contributed by atoms with van der Waals surface area (Å²) in [5, 5.41) is 0. The van der Waals surface area contributed by atoms with E-state index in [1.54, 1.807) is 24.3 Å². The maximum Gasteiger partial charge on any atom is 0.337 e. The number of nitrogens with zero attached hydrogens (tertiary/aromatic N) is 1. The number of carbonyl (C=O) groups is 2. The fourth-order valence-corrected chi connectivity index (χ4v) is 4.42. The van der Waals surface area contributed by atoms with Crippen LogP contribution >= 0.6 is 0 Å². The van der Waals surface area contributed by atoms with Crippen LogP contribution in [0.25, 0.3) is 0 Å². The summed E-state index contributed by atoms with van der Waals surface area (Å²) in [6, 6.07) is 15.2. The zero-order valence-electron chi connectivity index (χ0n) is 16.2. The molecular formula is C24H25NO3. The maximum absolute atomic E-state index is 13.3. The van der Waals surface area contributed by atoms with Gasteiger partial charge in [0, 0.05) is 24.1 Å². The quantitative estimate of drug-likeness (QED) is 0.577. The summed E-state index contributed by atoms with van der Waals surface area (Å²) >= 11 is 0. The van der Waals surface area contributed by atoms with Crippen LogP contribution in [0.4, 0.5) is 0 Å². The van der Waals surface area contributed by atoms with Crippen molar-refractivity contribution in [3.8, 4) is 0 Å². The van der Waals surface area contributed by atoms with E-state index in [9.17, 15) is 9.59 Å². The molecule has 0 bridgehead atoms. The minimum atomic E-state index is -0.394. The summed E-state index contributed by atoms with van der Waals surface area (Å²) in [7, 11) is 1.35. The van der Waals surface area contributed by atoms with E-state index in [-0.39, 0.29) is 11.3 Å². The molecule has 4 nitrogen and oxygen atoms in total. The van der Waals surface area contributed by atoms with Gasteiger partial charge in [-0.2, -0.15) is 0 Å². The Balaban J connectivity index is 1.65. The minimum Gasteiger partial charge on any atom is -0.465 e. The molecule has 1 unspecified atom stereocenters. The van der Waals surface area contributed by atoms with Gasteiger partial charge in [-0.25, -0.2) is 4.79 Å². The van der Waals surface area contributed by atoms with E-state index in [1.165, 1.54) is 18.2 Å². The molecule has 0 radical (unpaired) electrons. The van der Waals surface area contributed by atoms with Crippen molar-refractivity contribution in [2.24, 2.45) is 5.41 Å². The number of rotatable bonds is 2. The molecule has 1 heterocycles. The fourth-order valence-electron chi connectivity index (χ4n) is 4.42. The highest BCUT2D eigenvalue weighted by molar-refractivity contribution is 5.96. The van der Waals surface area contributed by atoms with Gasteiger partial charge in [0.15, 0.2) is 0 Å². The van der Waals surface area contributed by atoms with Crippen LogP contribution in [0.15, 0.2) is 60.7 Å². The lowest BCUT2D eigenvalue weighted by molar-refractivity contribution is 0.0599. The molecule has 144 valence electrons. The second kappa shape index (κ2) is 7.63. The molecule has 2 aliphatic rings. The van der Waals surface area contributed by atoms with Gasteiger partial charge >= 0.3 is 5.97 Å². The van der Waals surface area contributed by atoms with Gasteiger partial charge in [0.05, 0.1) is 12.7 Å². The number of fused-ring (bicyclic) bond motifs is 1. The molecule has 4 heteroatoms. The Morgan fingerprint density at radius 2 is 1.71 bits per heavy atom. The van der Waals surface area contributed by atoms with E-state index in [0.717, 1.165) is 32.2 Å². The molecule has 28 heavy (non-hydrogen) atoms. The van der Waals surface area contributed by atoms with Gasteiger partial charge in [0.1, 0.15) is 0 Å². The van der Waals surface area contributed by atoms with Crippen molar-refractivity contribution < 1.29 is 14.3 Å². The Kier molecular flexibility index (Phi) is 5.03. The third kappa shape index (κ3) is 3.59. The largest absolute Gasteiger partial charge is 0.465 e. The molecule has 1 atom stereocenters. The van der Waals surface area contributed by atoms with E-state index < -0.39 is 5.97 Å². The smallest absolute Gasteiger partial charge is 0.337 e. The van der Waals surface area contributed by atoms with Gasteiger partial charge in [-0.05, 0) is 61.1 Å². The summed E-state index contributed by atoms with van der Waals surface area (Å²) in [6.07, 6.45) is 8.96. The van der Waals surface area contributed by atoms with Crippen LogP contribution in [0.1, 0.15) is 51.1 Å². The highest BCUT2D eigenvalue weighted by atomic mass is 16.5. The van der Waals surface area contributed by atoms with Crippen LogP contribution in [0.2, 0.25) is 0 Å². The van der Waals surface area contributed by atoms with Crippen LogP contribution in [-0.2, 0) is 17.7 Å². The number of hydrogen-bond acceptors (Lipinski definition) is 3. The summed E-state index contributed by atoms with van der Waals surface area (Å²) in [6.45, 7) is 1.33. The molecule has 1 spiro atoms. The first-order valence-electron chi connectivity index (χ1n) is 9.82. The molecule has 1 aliphatic heterocycles. The van der Waals surface area contributed by atoms with Crippen LogP contribution < -0.4 is 0 Å². The second-order valence-electron chi connectivity index (χ2n) is 7.83. The average molecular weight is 375 g/mol. The lowest BCUT2D eigenvalue weighted by Crippen LogP contribution is -2.40. The van der Waals surface area contributed by atoms with Crippen LogP contribution in [0.5, 0.6) is 0 Å². The standard InChI is InChI=1S/C24H25NO3/c1-28-23(27)19-11-9-18(10-12-19)22(26)25-16-21-8-4-3-7-20(21)15-24(17-25)13-5-2-6-14-24/h3-5,7-13H,2,6,14-17H2,1H3. The number of allylic oxidation sites excluding steroid dienone is 1. The Labute approximate surface area is 165 Å². The van der Waals surface area contributed by atoms with E-state index in [1.807, 2.05) is 11.0 Å². The third-order valence-corrected chi connectivity index (χ3v) is 5.88. The van der Waals surface area contributed by atoms with Crippen molar-refractivity contribution in [3.05, 3.63) is 82.9 Å². The Hall–Kier alpha value is -2.88. The molecule has 0 aromatic heterocycles. The minimum absolute atomic E-state index is 0.00599. The number of hydrogen-bond donors (Lipinski definition) is 0. The molecule has 1 aliphatic carbocycles. The maximum atomic E-state index is 13.3. The summed E-state index contributed by atoms with van der Waals surface area (Å²) < 4.78 is 4.74. The van der Waals surface area contributed by atoms with Crippen LogP contribution in [-0.4, -0.2) is 30.4 Å². The monoisotopic (exact) mass is 375 g/mol. The number of benzene rings is 2. The van der Waals surface area contributed by atoms with Gasteiger partial charge in [-0.3, -0.25) is 4.79 Å². The van der Waals surface area contributed by atoms with Gasteiger partial charge in [-0.15, -0.1) is 0 Å². The van der Waals surface area contributed by atoms with Crippen molar-refractivity contribution >= 4 is 11.9 Å². The molecule has 1 amide bonds. The lowest BCUT2D eigenvalue weighted by atomic mass is 9.74. The lowest BCUT2D eigenvalue weighted by Gasteiger charge is -2.36. The number of carbonyl (C=O) groups excluding carboxylic acids is 2. The van der Waals surface area contributed by atoms with Crippen molar-refractivity contribution in [1.82, 2.24) is 4.90 Å². The Morgan fingerprint density at radius 1 is 1.00 bits per heavy atom. The zero-order chi connectivity index (χ0) is 19.6. The SMILES string of the molecule is COC(=O)c1ccc(C(=O)N2Cc3ccccc3CC3(C=CCCC3)C2)cc1.